The Bertz CT molecular complexity index is 575. The van der Waals surface area contributed by atoms with Gasteiger partial charge in [-0.3, -0.25) is 9.59 Å². The number of rotatable bonds is 2. The molecule has 0 spiro atoms. The molecule has 0 amide bonds. The first-order valence-electron chi connectivity index (χ1n) is 4.92. The molecular formula is C12H9NO2. The number of hydrogen-bond donors (Lipinski definition) is 0. The lowest BCUT2D eigenvalue weighted by Gasteiger charge is -2.11. The number of hydrogen-bond acceptors (Lipinski definition) is 3. The number of nitrogens with zero attached hydrogens (tertiary/aromatic N) is 1. The SMILES string of the molecule is O=c1c(-c2ccccc2)c(N2CC2)c1=O. The van der Waals surface area contributed by atoms with Crippen molar-refractivity contribution in [2.75, 3.05) is 18.0 Å². The largest absolute Gasteiger partial charge is 0.364 e. The van der Waals surface area contributed by atoms with Crippen molar-refractivity contribution in [2.45, 2.75) is 0 Å². The Morgan fingerprint density at radius 3 is 2.20 bits per heavy atom. The number of benzene rings is 1. The van der Waals surface area contributed by atoms with Crippen LogP contribution in [0.1, 0.15) is 0 Å². The molecule has 0 unspecified atom stereocenters. The van der Waals surface area contributed by atoms with Gasteiger partial charge < -0.3 is 4.90 Å². The van der Waals surface area contributed by atoms with Gasteiger partial charge in [0.2, 0.25) is 10.9 Å². The molecule has 0 saturated carbocycles. The minimum atomic E-state index is -0.344. The Balaban J connectivity index is 2.17. The fourth-order valence-corrected chi connectivity index (χ4v) is 1.83. The maximum atomic E-state index is 11.5. The van der Waals surface area contributed by atoms with Crippen LogP contribution in [0.5, 0.6) is 0 Å². The van der Waals surface area contributed by atoms with Crippen LogP contribution in [0.3, 0.4) is 0 Å². The molecule has 2 aromatic rings. The average molecular weight is 199 g/mol. The quantitative estimate of drug-likeness (QED) is 0.529. The Morgan fingerprint density at radius 1 is 0.933 bits per heavy atom. The van der Waals surface area contributed by atoms with Crippen molar-refractivity contribution in [2.24, 2.45) is 0 Å². The zero-order valence-electron chi connectivity index (χ0n) is 8.06. The summed E-state index contributed by atoms with van der Waals surface area (Å²) in [5.41, 5.74) is 1.39. The van der Waals surface area contributed by atoms with Crippen LogP contribution in [0.4, 0.5) is 5.69 Å². The van der Waals surface area contributed by atoms with E-state index in [1.54, 1.807) is 0 Å². The molecule has 1 heterocycles. The first-order valence-corrected chi connectivity index (χ1v) is 4.92. The summed E-state index contributed by atoms with van der Waals surface area (Å²) in [5, 5.41) is 0. The number of anilines is 1. The minimum Gasteiger partial charge on any atom is -0.364 e. The van der Waals surface area contributed by atoms with Crippen molar-refractivity contribution in [3.63, 3.8) is 0 Å². The van der Waals surface area contributed by atoms with E-state index in [2.05, 4.69) is 0 Å². The van der Waals surface area contributed by atoms with Crippen LogP contribution in [0.2, 0.25) is 0 Å². The van der Waals surface area contributed by atoms with Gasteiger partial charge in [-0.2, -0.15) is 0 Å². The van der Waals surface area contributed by atoms with Gasteiger partial charge in [-0.05, 0) is 5.56 Å². The molecule has 3 rings (SSSR count). The van der Waals surface area contributed by atoms with Gasteiger partial charge >= 0.3 is 0 Å². The van der Waals surface area contributed by atoms with Gasteiger partial charge in [0, 0.05) is 13.1 Å². The van der Waals surface area contributed by atoms with E-state index in [9.17, 15) is 9.59 Å². The molecule has 1 fully saturated rings. The van der Waals surface area contributed by atoms with Crippen molar-refractivity contribution in [1.29, 1.82) is 0 Å². The molecule has 0 aromatic heterocycles. The van der Waals surface area contributed by atoms with Crippen LogP contribution in [0, 0.1) is 0 Å². The lowest BCUT2D eigenvalue weighted by atomic mass is 9.99. The van der Waals surface area contributed by atoms with Crippen LogP contribution >= 0.6 is 0 Å². The Morgan fingerprint density at radius 2 is 1.60 bits per heavy atom. The summed E-state index contributed by atoms with van der Waals surface area (Å²) in [6, 6.07) is 9.37. The Hall–Kier alpha value is -1.90. The second-order valence-corrected chi connectivity index (χ2v) is 3.73. The highest BCUT2D eigenvalue weighted by molar-refractivity contribution is 5.83. The Kier molecular flexibility index (Phi) is 1.57. The van der Waals surface area contributed by atoms with E-state index in [1.165, 1.54) is 0 Å². The Labute approximate surface area is 86.3 Å². The zero-order valence-corrected chi connectivity index (χ0v) is 8.06. The fourth-order valence-electron chi connectivity index (χ4n) is 1.83. The molecule has 0 radical (unpaired) electrons. The predicted octanol–water partition coefficient (Wildman–Crippen LogP) is 0.770. The summed E-state index contributed by atoms with van der Waals surface area (Å²) in [7, 11) is 0. The maximum absolute atomic E-state index is 11.5. The van der Waals surface area contributed by atoms with Gasteiger partial charge in [-0.25, -0.2) is 0 Å². The minimum absolute atomic E-state index is 0.327. The van der Waals surface area contributed by atoms with Gasteiger partial charge in [0.15, 0.2) is 0 Å². The molecule has 1 aliphatic rings. The van der Waals surface area contributed by atoms with E-state index >= 15 is 0 Å². The van der Waals surface area contributed by atoms with E-state index < -0.39 is 0 Å². The third-order valence-corrected chi connectivity index (χ3v) is 2.71. The van der Waals surface area contributed by atoms with Crippen LogP contribution in [-0.4, -0.2) is 13.1 Å². The summed E-state index contributed by atoms with van der Waals surface area (Å²) in [4.78, 5) is 24.8. The highest BCUT2D eigenvalue weighted by Crippen LogP contribution is 2.29. The van der Waals surface area contributed by atoms with Crippen LogP contribution < -0.4 is 15.8 Å². The van der Waals surface area contributed by atoms with Crippen molar-refractivity contribution in [1.82, 2.24) is 0 Å². The summed E-state index contributed by atoms with van der Waals surface area (Å²) in [5.74, 6) is 0. The molecule has 3 heteroatoms. The highest BCUT2D eigenvalue weighted by atomic mass is 16.2. The summed E-state index contributed by atoms with van der Waals surface area (Å²) in [6.07, 6.45) is 0. The van der Waals surface area contributed by atoms with Gasteiger partial charge in [-0.1, -0.05) is 30.3 Å². The average Bonchev–Trinajstić information content (AvgIpc) is 3.09. The molecule has 0 bridgehead atoms. The zero-order chi connectivity index (χ0) is 10.4. The summed E-state index contributed by atoms with van der Waals surface area (Å²) < 4.78 is 0. The molecule has 74 valence electrons. The third kappa shape index (κ3) is 1.13. The van der Waals surface area contributed by atoms with E-state index in [0.717, 1.165) is 18.7 Å². The predicted molar refractivity (Wildman–Crippen MR) is 59.0 cm³/mol. The van der Waals surface area contributed by atoms with Crippen LogP contribution in [0.15, 0.2) is 39.9 Å². The van der Waals surface area contributed by atoms with Gasteiger partial charge in [-0.15, -0.1) is 0 Å². The molecule has 1 aliphatic heterocycles. The van der Waals surface area contributed by atoms with Gasteiger partial charge in [0.25, 0.3) is 0 Å². The van der Waals surface area contributed by atoms with Crippen molar-refractivity contribution < 1.29 is 0 Å². The second-order valence-electron chi connectivity index (χ2n) is 3.73. The van der Waals surface area contributed by atoms with Crippen molar-refractivity contribution in [3.8, 4) is 11.1 Å². The first-order chi connectivity index (χ1) is 7.29. The topological polar surface area (TPSA) is 37.1 Å². The van der Waals surface area contributed by atoms with E-state index in [4.69, 9.17) is 0 Å². The highest BCUT2D eigenvalue weighted by Gasteiger charge is 2.31. The van der Waals surface area contributed by atoms with E-state index in [-0.39, 0.29) is 10.9 Å². The lowest BCUT2D eigenvalue weighted by Crippen LogP contribution is -2.36. The summed E-state index contributed by atoms with van der Waals surface area (Å²) in [6.45, 7) is 1.79. The smallest absolute Gasteiger partial charge is 0.250 e. The van der Waals surface area contributed by atoms with E-state index in [1.807, 2.05) is 35.2 Å². The molecule has 0 N–H and O–H groups in total. The van der Waals surface area contributed by atoms with Crippen LogP contribution in [0.25, 0.3) is 11.1 Å². The normalized spacial score (nSPS) is 14.5. The molecule has 15 heavy (non-hydrogen) atoms. The molecular weight excluding hydrogens is 190 g/mol. The maximum Gasteiger partial charge on any atom is 0.250 e. The lowest BCUT2D eigenvalue weighted by molar-refractivity contribution is 1.28. The molecule has 0 atom stereocenters. The fraction of sp³-hybridized carbons (Fsp3) is 0.167. The molecule has 0 aliphatic carbocycles. The monoisotopic (exact) mass is 199 g/mol. The van der Waals surface area contributed by atoms with E-state index in [0.29, 0.717) is 11.3 Å². The second kappa shape index (κ2) is 2.79. The molecule has 3 nitrogen and oxygen atoms in total. The van der Waals surface area contributed by atoms with Crippen molar-refractivity contribution in [3.05, 3.63) is 50.8 Å². The van der Waals surface area contributed by atoms with Crippen LogP contribution in [-0.2, 0) is 0 Å². The molecule has 1 saturated heterocycles. The third-order valence-electron chi connectivity index (χ3n) is 2.71. The van der Waals surface area contributed by atoms with Crippen molar-refractivity contribution >= 4 is 5.69 Å². The molecule has 2 aromatic carbocycles. The van der Waals surface area contributed by atoms with Gasteiger partial charge in [0.05, 0.1) is 5.56 Å². The summed E-state index contributed by atoms with van der Waals surface area (Å²) >= 11 is 0. The standard InChI is InChI=1S/C12H9NO2/c14-11-9(8-4-2-1-3-5-8)10(12(11)15)13-6-7-13/h1-5H,6-7H2. The van der Waals surface area contributed by atoms with Gasteiger partial charge in [0.1, 0.15) is 5.69 Å². The first kappa shape index (κ1) is 8.41.